The molecule has 6 heteroatoms. The molecule has 2 aliphatic rings. The van der Waals surface area contributed by atoms with Gasteiger partial charge < -0.3 is 10.6 Å². The molecule has 19 heavy (non-hydrogen) atoms. The Hall–Kier alpha value is -1.85. The Kier molecular flexibility index (Phi) is 4.54. The number of imide groups is 1. The third kappa shape index (κ3) is 4.08. The van der Waals surface area contributed by atoms with E-state index < -0.39 is 12.1 Å². The first-order valence-electron chi connectivity index (χ1n) is 6.71. The molecule has 1 aliphatic heterocycles. The summed E-state index contributed by atoms with van der Waals surface area (Å²) in [4.78, 5) is 33.8. The van der Waals surface area contributed by atoms with Gasteiger partial charge in [-0.3, -0.25) is 14.9 Å². The minimum absolute atomic E-state index is 0.0829. The summed E-state index contributed by atoms with van der Waals surface area (Å²) in [6.45, 7) is 0.599. The molecular weight excluding hydrogens is 246 g/mol. The summed E-state index contributed by atoms with van der Waals surface area (Å²) < 4.78 is 0. The Morgan fingerprint density at radius 1 is 1.37 bits per heavy atom. The molecule has 1 atom stereocenters. The van der Waals surface area contributed by atoms with Gasteiger partial charge in [0.25, 0.3) is 5.91 Å². The fourth-order valence-electron chi connectivity index (χ4n) is 2.30. The average molecular weight is 265 g/mol. The molecule has 1 saturated heterocycles. The highest BCUT2D eigenvalue weighted by atomic mass is 16.2. The minimum Gasteiger partial charge on any atom is -0.352 e. The normalized spacial score (nSPS) is 22.5. The van der Waals surface area contributed by atoms with E-state index in [1.165, 1.54) is 18.4 Å². The van der Waals surface area contributed by atoms with Crippen molar-refractivity contribution < 1.29 is 14.4 Å². The van der Waals surface area contributed by atoms with E-state index in [1.54, 1.807) is 0 Å². The van der Waals surface area contributed by atoms with Crippen molar-refractivity contribution in [1.29, 1.82) is 0 Å². The van der Waals surface area contributed by atoms with Crippen LogP contribution in [0.4, 0.5) is 4.79 Å². The molecular formula is C13H19N3O3. The quantitative estimate of drug-likeness (QED) is 0.502. The lowest BCUT2D eigenvalue weighted by Gasteiger charge is -2.13. The van der Waals surface area contributed by atoms with E-state index in [1.807, 2.05) is 0 Å². The van der Waals surface area contributed by atoms with Crippen LogP contribution in [0.25, 0.3) is 0 Å². The molecule has 1 fully saturated rings. The van der Waals surface area contributed by atoms with E-state index in [4.69, 9.17) is 0 Å². The van der Waals surface area contributed by atoms with E-state index >= 15 is 0 Å². The third-order valence-corrected chi connectivity index (χ3v) is 3.42. The number of nitrogens with one attached hydrogen (secondary N) is 3. The van der Waals surface area contributed by atoms with Crippen molar-refractivity contribution in [2.75, 3.05) is 6.54 Å². The number of hydrogen-bond donors (Lipinski definition) is 3. The van der Waals surface area contributed by atoms with E-state index in [2.05, 4.69) is 22.0 Å². The summed E-state index contributed by atoms with van der Waals surface area (Å²) in [7, 11) is 0. The van der Waals surface area contributed by atoms with Crippen molar-refractivity contribution in [2.45, 2.75) is 44.6 Å². The fraction of sp³-hybridized carbons (Fsp3) is 0.615. The van der Waals surface area contributed by atoms with Crippen LogP contribution in [0, 0.1) is 0 Å². The van der Waals surface area contributed by atoms with Gasteiger partial charge >= 0.3 is 6.03 Å². The van der Waals surface area contributed by atoms with Crippen LogP contribution in [0.3, 0.4) is 0 Å². The lowest BCUT2D eigenvalue weighted by molar-refractivity contribution is -0.122. The number of carbonyl (C=O) groups excluding carboxylic acids is 3. The van der Waals surface area contributed by atoms with E-state index in [0.29, 0.717) is 13.0 Å². The van der Waals surface area contributed by atoms with Crippen LogP contribution in [0.15, 0.2) is 11.6 Å². The van der Waals surface area contributed by atoms with Crippen LogP contribution < -0.4 is 16.0 Å². The largest absolute Gasteiger partial charge is 0.352 e. The number of allylic oxidation sites excluding steroid dienone is 1. The number of carbonyl (C=O) groups is 3. The molecule has 0 aromatic heterocycles. The standard InChI is InChI=1S/C13H19N3O3/c17-11(14-8-9-4-2-1-3-5-9)7-6-10-12(18)16-13(19)15-10/h4,10H,1-3,5-8H2,(H,14,17)(H2,15,16,18,19)/t10-/m0/s1. The fourth-order valence-corrected chi connectivity index (χ4v) is 2.30. The highest BCUT2D eigenvalue weighted by molar-refractivity contribution is 6.04. The summed E-state index contributed by atoms with van der Waals surface area (Å²) in [6, 6.07) is -1.06. The smallest absolute Gasteiger partial charge is 0.322 e. The van der Waals surface area contributed by atoms with Gasteiger partial charge in [0.2, 0.25) is 5.91 Å². The molecule has 0 radical (unpaired) electrons. The SMILES string of the molecule is O=C(CC[C@@H]1NC(=O)NC1=O)NCC1=CCCCC1. The first-order chi connectivity index (χ1) is 9.15. The predicted molar refractivity (Wildman–Crippen MR) is 69.3 cm³/mol. The number of urea groups is 1. The Morgan fingerprint density at radius 3 is 2.84 bits per heavy atom. The summed E-state index contributed by atoms with van der Waals surface area (Å²) in [5.74, 6) is -0.437. The van der Waals surface area contributed by atoms with Crippen molar-refractivity contribution in [2.24, 2.45) is 0 Å². The molecule has 3 N–H and O–H groups in total. The summed E-state index contributed by atoms with van der Waals surface area (Å²) >= 11 is 0. The lowest BCUT2D eigenvalue weighted by Crippen LogP contribution is -2.32. The van der Waals surface area contributed by atoms with Gasteiger partial charge in [0.15, 0.2) is 0 Å². The molecule has 0 aromatic carbocycles. The van der Waals surface area contributed by atoms with Crippen LogP contribution >= 0.6 is 0 Å². The first kappa shape index (κ1) is 13.6. The maximum atomic E-state index is 11.6. The second kappa shape index (κ2) is 6.36. The Balaban J connectivity index is 1.66. The molecule has 0 unspecified atom stereocenters. The van der Waals surface area contributed by atoms with Crippen LogP contribution in [0.5, 0.6) is 0 Å². The van der Waals surface area contributed by atoms with Crippen LogP contribution in [-0.2, 0) is 9.59 Å². The van der Waals surface area contributed by atoms with E-state index in [-0.39, 0.29) is 18.2 Å². The molecule has 0 spiro atoms. The molecule has 104 valence electrons. The molecule has 2 rings (SSSR count). The molecule has 0 aromatic rings. The molecule has 1 heterocycles. The molecule has 0 saturated carbocycles. The van der Waals surface area contributed by atoms with Crippen molar-refractivity contribution in [1.82, 2.24) is 16.0 Å². The zero-order valence-corrected chi connectivity index (χ0v) is 10.8. The highest BCUT2D eigenvalue weighted by Gasteiger charge is 2.29. The maximum absolute atomic E-state index is 11.6. The van der Waals surface area contributed by atoms with Gasteiger partial charge in [-0.1, -0.05) is 11.6 Å². The molecule has 6 nitrogen and oxygen atoms in total. The maximum Gasteiger partial charge on any atom is 0.322 e. The molecule has 1 aliphatic carbocycles. The van der Waals surface area contributed by atoms with Gasteiger partial charge in [0, 0.05) is 13.0 Å². The van der Waals surface area contributed by atoms with Crippen molar-refractivity contribution >= 4 is 17.8 Å². The van der Waals surface area contributed by atoms with Gasteiger partial charge in [0.1, 0.15) is 6.04 Å². The first-order valence-corrected chi connectivity index (χ1v) is 6.71. The van der Waals surface area contributed by atoms with Gasteiger partial charge in [-0.05, 0) is 32.1 Å². The monoisotopic (exact) mass is 265 g/mol. The molecule has 0 bridgehead atoms. The number of hydrogen-bond acceptors (Lipinski definition) is 3. The third-order valence-electron chi connectivity index (χ3n) is 3.42. The van der Waals surface area contributed by atoms with Crippen LogP contribution in [0.1, 0.15) is 38.5 Å². The second-order valence-corrected chi connectivity index (χ2v) is 4.94. The Labute approximate surface area is 112 Å². The minimum atomic E-state index is -0.577. The molecule has 4 amide bonds. The summed E-state index contributed by atoms with van der Waals surface area (Å²) in [5.41, 5.74) is 1.28. The van der Waals surface area contributed by atoms with Gasteiger partial charge in [-0.2, -0.15) is 0 Å². The Bertz CT molecular complexity index is 417. The zero-order valence-electron chi connectivity index (χ0n) is 10.8. The van der Waals surface area contributed by atoms with Gasteiger partial charge in [-0.15, -0.1) is 0 Å². The van der Waals surface area contributed by atoms with E-state index in [0.717, 1.165) is 12.8 Å². The topological polar surface area (TPSA) is 87.3 Å². The van der Waals surface area contributed by atoms with Crippen molar-refractivity contribution in [3.63, 3.8) is 0 Å². The summed E-state index contributed by atoms with van der Waals surface area (Å²) in [5, 5.41) is 7.47. The summed E-state index contributed by atoms with van der Waals surface area (Å²) in [6.07, 6.45) is 7.34. The highest BCUT2D eigenvalue weighted by Crippen LogP contribution is 2.16. The Morgan fingerprint density at radius 2 is 2.21 bits per heavy atom. The average Bonchev–Trinajstić information content (AvgIpc) is 2.73. The van der Waals surface area contributed by atoms with Crippen LogP contribution in [0.2, 0.25) is 0 Å². The van der Waals surface area contributed by atoms with Crippen molar-refractivity contribution in [3.8, 4) is 0 Å². The predicted octanol–water partition coefficient (Wildman–Crippen LogP) is 0.591. The number of rotatable bonds is 5. The van der Waals surface area contributed by atoms with E-state index in [9.17, 15) is 14.4 Å². The van der Waals surface area contributed by atoms with Gasteiger partial charge in [-0.25, -0.2) is 4.79 Å². The van der Waals surface area contributed by atoms with Crippen LogP contribution in [-0.4, -0.2) is 30.4 Å². The second-order valence-electron chi connectivity index (χ2n) is 4.94. The zero-order chi connectivity index (χ0) is 13.7. The lowest BCUT2D eigenvalue weighted by atomic mass is 9.99. The van der Waals surface area contributed by atoms with Gasteiger partial charge in [0.05, 0.1) is 0 Å². The van der Waals surface area contributed by atoms with Crippen molar-refractivity contribution in [3.05, 3.63) is 11.6 Å². The number of amides is 4.